The highest BCUT2D eigenvalue weighted by Crippen LogP contribution is 2.29. The fourth-order valence-corrected chi connectivity index (χ4v) is 1.94. The zero-order valence-corrected chi connectivity index (χ0v) is 12.3. The highest BCUT2D eigenvalue weighted by atomic mass is 19.4. The van der Waals surface area contributed by atoms with Crippen molar-refractivity contribution >= 4 is 5.65 Å². The molecule has 3 rings (SSSR count). The van der Waals surface area contributed by atoms with Gasteiger partial charge in [-0.2, -0.15) is 36.0 Å². The lowest BCUT2D eigenvalue weighted by Gasteiger charge is -2.10. The first kappa shape index (κ1) is 17.8. The first-order valence-corrected chi connectivity index (χ1v) is 6.70. The Kier molecular flexibility index (Phi) is 4.16. The van der Waals surface area contributed by atoms with Gasteiger partial charge in [-0.05, 0) is 18.2 Å². The smallest absolute Gasteiger partial charge is 0.453 e. The number of ether oxygens (including phenoxy) is 1. The summed E-state index contributed by atoms with van der Waals surface area (Å²) in [6.45, 7) is -1.74. The molecule has 0 atom stereocenters. The highest BCUT2D eigenvalue weighted by molar-refractivity contribution is 5.59. The number of alkyl halides is 6. The van der Waals surface area contributed by atoms with Crippen LogP contribution in [0.25, 0.3) is 16.9 Å². The maximum absolute atomic E-state index is 13.8. The molecule has 0 aromatic carbocycles. The molecular weight excluding hydrogens is 375 g/mol. The molecular formula is C13H6F7N5O. The van der Waals surface area contributed by atoms with Crippen LogP contribution in [0.3, 0.4) is 0 Å². The summed E-state index contributed by atoms with van der Waals surface area (Å²) in [6.07, 6.45) is -8.58. The summed E-state index contributed by atoms with van der Waals surface area (Å²) >= 11 is 0. The number of halogens is 7. The van der Waals surface area contributed by atoms with Crippen molar-refractivity contribution in [3.8, 4) is 17.1 Å². The molecule has 0 aliphatic heterocycles. The molecule has 0 spiro atoms. The van der Waals surface area contributed by atoms with E-state index >= 15 is 0 Å². The summed E-state index contributed by atoms with van der Waals surface area (Å²) < 4.78 is 93.2. The van der Waals surface area contributed by atoms with Crippen LogP contribution in [0.5, 0.6) is 5.88 Å². The van der Waals surface area contributed by atoms with E-state index in [1.807, 2.05) is 0 Å². The summed E-state index contributed by atoms with van der Waals surface area (Å²) in [7, 11) is 0. The zero-order chi connectivity index (χ0) is 19.1. The van der Waals surface area contributed by atoms with Crippen LogP contribution in [0.1, 0.15) is 5.82 Å². The Morgan fingerprint density at radius 1 is 1.04 bits per heavy atom. The maximum atomic E-state index is 13.8. The van der Waals surface area contributed by atoms with Gasteiger partial charge >= 0.3 is 12.4 Å². The van der Waals surface area contributed by atoms with Gasteiger partial charge in [0.2, 0.25) is 0 Å². The van der Waals surface area contributed by atoms with Crippen molar-refractivity contribution in [1.82, 2.24) is 24.8 Å². The molecule has 13 heteroatoms. The molecule has 0 aliphatic rings. The van der Waals surface area contributed by atoms with Gasteiger partial charge in [-0.15, -0.1) is 10.2 Å². The Balaban J connectivity index is 1.95. The molecule has 3 aromatic rings. The van der Waals surface area contributed by atoms with Gasteiger partial charge in [0.1, 0.15) is 0 Å². The van der Waals surface area contributed by atoms with Gasteiger partial charge in [0.25, 0.3) is 11.7 Å². The van der Waals surface area contributed by atoms with E-state index in [0.717, 1.165) is 18.3 Å². The minimum Gasteiger partial charge on any atom is -0.466 e. The van der Waals surface area contributed by atoms with Crippen molar-refractivity contribution in [2.45, 2.75) is 12.4 Å². The summed E-state index contributed by atoms with van der Waals surface area (Å²) in [5, 5.41) is 9.97. The van der Waals surface area contributed by atoms with E-state index in [1.165, 1.54) is 6.07 Å². The molecule has 3 aromatic heterocycles. The van der Waals surface area contributed by atoms with E-state index in [1.54, 1.807) is 0 Å². The van der Waals surface area contributed by atoms with Crippen LogP contribution in [0, 0.1) is 5.82 Å². The van der Waals surface area contributed by atoms with Gasteiger partial charge in [0, 0.05) is 11.8 Å². The van der Waals surface area contributed by atoms with Crippen LogP contribution in [-0.2, 0) is 6.18 Å². The lowest BCUT2D eigenvalue weighted by atomic mass is 10.2. The molecule has 0 unspecified atom stereocenters. The summed E-state index contributed by atoms with van der Waals surface area (Å²) in [4.78, 5) is 3.40. The maximum Gasteiger partial charge on any atom is 0.453 e. The van der Waals surface area contributed by atoms with Crippen LogP contribution in [0.15, 0.2) is 24.4 Å². The Bertz CT molecular complexity index is 950. The normalized spacial score (nSPS) is 12.6. The third-order valence-electron chi connectivity index (χ3n) is 2.99. The molecule has 0 radical (unpaired) electrons. The predicted octanol–water partition coefficient (Wildman–Crippen LogP) is 3.29. The van der Waals surface area contributed by atoms with E-state index in [-0.39, 0.29) is 16.9 Å². The Morgan fingerprint density at radius 2 is 1.77 bits per heavy atom. The molecule has 0 N–H and O–H groups in total. The fraction of sp³-hybridized carbons (Fsp3) is 0.231. The van der Waals surface area contributed by atoms with Gasteiger partial charge in [-0.25, -0.2) is 9.37 Å². The molecule has 0 aliphatic carbocycles. The van der Waals surface area contributed by atoms with Crippen molar-refractivity contribution in [3.05, 3.63) is 36.0 Å². The first-order valence-electron chi connectivity index (χ1n) is 6.70. The molecule has 3 heterocycles. The van der Waals surface area contributed by atoms with Gasteiger partial charge < -0.3 is 4.74 Å². The standard InChI is InChI=1S/C13H6F7N5O/c14-7-3-6(4-21-10(7)26-5-12(15,16)17)8-1-2-9-22-23-11(13(18,19)20)25(9)24-8/h1-4H,5H2. The monoisotopic (exact) mass is 381 g/mol. The third-order valence-corrected chi connectivity index (χ3v) is 2.99. The second-order valence-electron chi connectivity index (χ2n) is 4.92. The lowest BCUT2D eigenvalue weighted by molar-refractivity contribution is -0.154. The Labute approximate surface area is 139 Å². The SMILES string of the molecule is Fc1cc(-c2ccc3nnc(C(F)(F)F)n3n2)cnc1OCC(F)(F)F. The summed E-state index contributed by atoms with van der Waals surface area (Å²) in [6, 6.07) is 3.14. The van der Waals surface area contributed by atoms with Crippen LogP contribution in [-0.4, -0.2) is 37.6 Å². The van der Waals surface area contributed by atoms with E-state index in [4.69, 9.17) is 0 Å². The van der Waals surface area contributed by atoms with Gasteiger partial charge in [0.05, 0.1) is 5.69 Å². The Morgan fingerprint density at radius 3 is 2.38 bits per heavy atom. The van der Waals surface area contributed by atoms with E-state index in [2.05, 4.69) is 25.0 Å². The molecule has 0 fully saturated rings. The highest BCUT2D eigenvalue weighted by Gasteiger charge is 2.37. The average molecular weight is 381 g/mol. The largest absolute Gasteiger partial charge is 0.466 e. The number of rotatable bonds is 3. The molecule has 0 saturated heterocycles. The quantitative estimate of drug-likeness (QED) is 0.652. The number of fused-ring (bicyclic) bond motifs is 1. The Hall–Kier alpha value is -2.99. The van der Waals surface area contributed by atoms with Crippen molar-refractivity contribution < 1.29 is 35.5 Å². The molecule has 6 nitrogen and oxygen atoms in total. The minimum atomic E-state index is -4.82. The first-order chi connectivity index (χ1) is 12.0. The van der Waals surface area contributed by atoms with Gasteiger partial charge in [-0.3, -0.25) is 0 Å². The molecule has 138 valence electrons. The second kappa shape index (κ2) is 6.07. The van der Waals surface area contributed by atoms with Crippen LogP contribution < -0.4 is 4.74 Å². The number of nitrogens with zero attached hydrogens (tertiary/aromatic N) is 5. The minimum absolute atomic E-state index is 0.0782. The predicted molar refractivity (Wildman–Crippen MR) is 70.5 cm³/mol. The van der Waals surface area contributed by atoms with Gasteiger partial charge in [0.15, 0.2) is 18.1 Å². The van der Waals surface area contributed by atoms with E-state index < -0.39 is 36.5 Å². The number of hydrogen-bond acceptors (Lipinski definition) is 5. The topological polar surface area (TPSA) is 65.2 Å². The number of aromatic nitrogens is 5. The third kappa shape index (κ3) is 3.65. The van der Waals surface area contributed by atoms with Crippen LogP contribution in [0.4, 0.5) is 30.7 Å². The van der Waals surface area contributed by atoms with E-state index in [0.29, 0.717) is 4.52 Å². The van der Waals surface area contributed by atoms with Crippen LogP contribution in [0.2, 0.25) is 0 Å². The van der Waals surface area contributed by atoms with E-state index in [9.17, 15) is 30.7 Å². The number of pyridine rings is 1. The fourth-order valence-electron chi connectivity index (χ4n) is 1.94. The number of hydrogen-bond donors (Lipinski definition) is 0. The van der Waals surface area contributed by atoms with Crippen molar-refractivity contribution in [2.75, 3.05) is 6.61 Å². The molecule has 0 amide bonds. The van der Waals surface area contributed by atoms with Crippen LogP contribution >= 0.6 is 0 Å². The molecule has 0 bridgehead atoms. The molecule has 0 saturated carbocycles. The average Bonchev–Trinajstić information content (AvgIpc) is 2.96. The van der Waals surface area contributed by atoms with Crippen molar-refractivity contribution in [2.24, 2.45) is 0 Å². The lowest BCUT2D eigenvalue weighted by Crippen LogP contribution is -2.20. The zero-order valence-electron chi connectivity index (χ0n) is 12.3. The second-order valence-corrected chi connectivity index (χ2v) is 4.92. The molecule has 26 heavy (non-hydrogen) atoms. The van der Waals surface area contributed by atoms with Crippen molar-refractivity contribution in [3.63, 3.8) is 0 Å². The van der Waals surface area contributed by atoms with Gasteiger partial charge in [-0.1, -0.05) is 0 Å². The summed E-state index contributed by atoms with van der Waals surface area (Å²) in [5.74, 6) is -3.51. The van der Waals surface area contributed by atoms with Crippen molar-refractivity contribution in [1.29, 1.82) is 0 Å². The summed E-state index contributed by atoms with van der Waals surface area (Å²) in [5.41, 5.74) is -0.401.